The smallest absolute Gasteiger partial charge is 0.245 e. The standard InChI is InChI=1S/C10H20N4O3S2/c1-2-14-8-9(10(11)13-14)19(16,17)12-4-7-18-6-3-5-15/h8,12,15H,2-7H2,1H3,(H2,11,13). The summed E-state index contributed by atoms with van der Waals surface area (Å²) in [6.45, 7) is 2.91. The highest BCUT2D eigenvalue weighted by molar-refractivity contribution is 7.99. The number of aromatic nitrogens is 2. The van der Waals surface area contributed by atoms with Gasteiger partial charge in [0.1, 0.15) is 4.90 Å². The van der Waals surface area contributed by atoms with Crippen LogP contribution in [0.3, 0.4) is 0 Å². The highest BCUT2D eigenvalue weighted by atomic mass is 32.2. The van der Waals surface area contributed by atoms with Crippen molar-refractivity contribution >= 4 is 27.6 Å². The minimum absolute atomic E-state index is 0.0160. The Balaban J connectivity index is 2.49. The van der Waals surface area contributed by atoms with Crippen LogP contribution in [0.2, 0.25) is 0 Å². The van der Waals surface area contributed by atoms with Gasteiger partial charge in [0.2, 0.25) is 10.0 Å². The first-order valence-electron chi connectivity index (χ1n) is 6.02. The van der Waals surface area contributed by atoms with Gasteiger partial charge in [0, 0.05) is 31.6 Å². The second kappa shape index (κ2) is 7.73. The van der Waals surface area contributed by atoms with Crippen molar-refractivity contribution in [3.63, 3.8) is 0 Å². The molecule has 0 unspecified atom stereocenters. The summed E-state index contributed by atoms with van der Waals surface area (Å²) < 4.78 is 27.9. The van der Waals surface area contributed by atoms with Gasteiger partial charge in [-0.1, -0.05) is 0 Å². The van der Waals surface area contributed by atoms with E-state index in [4.69, 9.17) is 10.8 Å². The van der Waals surface area contributed by atoms with Crippen molar-refractivity contribution in [3.8, 4) is 0 Å². The molecule has 1 aromatic rings. The number of nitrogen functional groups attached to an aromatic ring is 1. The van der Waals surface area contributed by atoms with E-state index in [0.717, 1.165) is 5.75 Å². The molecular weight excluding hydrogens is 288 g/mol. The molecule has 110 valence electrons. The van der Waals surface area contributed by atoms with Crippen LogP contribution in [0.5, 0.6) is 0 Å². The Labute approximate surface area is 117 Å². The summed E-state index contributed by atoms with van der Waals surface area (Å²) in [5, 5.41) is 12.5. The maximum atomic E-state index is 12.0. The predicted octanol–water partition coefficient (Wildman–Crippen LogP) is -0.121. The Kier molecular flexibility index (Phi) is 6.63. The maximum absolute atomic E-state index is 12.0. The summed E-state index contributed by atoms with van der Waals surface area (Å²) in [5.74, 6) is 1.48. The van der Waals surface area contributed by atoms with Crippen LogP contribution in [-0.2, 0) is 16.6 Å². The van der Waals surface area contributed by atoms with Crippen LogP contribution < -0.4 is 10.5 Å². The molecule has 0 radical (unpaired) electrons. The van der Waals surface area contributed by atoms with E-state index in [1.807, 2.05) is 6.92 Å². The average Bonchev–Trinajstić information content (AvgIpc) is 2.76. The van der Waals surface area contributed by atoms with Gasteiger partial charge >= 0.3 is 0 Å². The molecule has 0 aliphatic rings. The molecule has 0 bridgehead atoms. The van der Waals surface area contributed by atoms with Crippen molar-refractivity contribution < 1.29 is 13.5 Å². The third kappa shape index (κ3) is 5.01. The van der Waals surface area contributed by atoms with E-state index in [9.17, 15) is 8.42 Å². The summed E-state index contributed by atoms with van der Waals surface area (Å²) in [5.41, 5.74) is 5.59. The van der Waals surface area contributed by atoms with Crippen molar-refractivity contribution in [2.75, 3.05) is 30.4 Å². The zero-order valence-corrected chi connectivity index (χ0v) is 12.5. The number of nitrogens with one attached hydrogen (secondary N) is 1. The van der Waals surface area contributed by atoms with Crippen molar-refractivity contribution in [1.82, 2.24) is 14.5 Å². The molecule has 4 N–H and O–H groups in total. The summed E-state index contributed by atoms with van der Waals surface area (Å²) in [7, 11) is -3.59. The summed E-state index contributed by atoms with van der Waals surface area (Å²) in [4.78, 5) is 0.0229. The van der Waals surface area contributed by atoms with Gasteiger partial charge in [-0.05, 0) is 19.1 Å². The lowest BCUT2D eigenvalue weighted by Gasteiger charge is -2.05. The molecule has 0 amide bonds. The minimum Gasteiger partial charge on any atom is -0.396 e. The van der Waals surface area contributed by atoms with Crippen molar-refractivity contribution in [1.29, 1.82) is 0 Å². The summed E-state index contributed by atoms with van der Waals surface area (Å²) >= 11 is 1.59. The topological polar surface area (TPSA) is 110 Å². The number of aliphatic hydroxyl groups is 1. The molecule has 0 saturated carbocycles. The lowest BCUT2D eigenvalue weighted by Crippen LogP contribution is -2.26. The monoisotopic (exact) mass is 308 g/mol. The number of aliphatic hydroxyl groups excluding tert-OH is 1. The fourth-order valence-electron chi connectivity index (χ4n) is 1.38. The summed E-state index contributed by atoms with van der Waals surface area (Å²) in [6, 6.07) is 0. The Morgan fingerprint density at radius 2 is 2.26 bits per heavy atom. The number of rotatable bonds is 9. The molecule has 0 spiro atoms. The molecule has 0 fully saturated rings. The molecule has 1 rings (SSSR count). The molecule has 0 aromatic carbocycles. The Bertz CT molecular complexity index is 487. The number of hydrogen-bond donors (Lipinski definition) is 3. The third-order valence-electron chi connectivity index (χ3n) is 2.35. The number of aryl methyl sites for hydroxylation is 1. The second-order valence-corrected chi connectivity index (χ2v) is 6.78. The SMILES string of the molecule is CCn1cc(S(=O)(=O)NCCSCCCO)c(N)n1. The highest BCUT2D eigenvalue weighted by Gasteiger charge is 2.20. The Hall–Kier alpha value is -0.770. The van der Waals surface area contributed by atoms with Crippen molar-refractivity contribution in [3.05, 3.63) is 6.20 Å². The van der Waals surface area contributed by atoms with Gasteiger partial charge in [0.05, 0.1) is 0 Å². The van der Waals surface area contributed by atoms with Gasteiger partial charge in [-0.15, -0.1) is 0 Å². The quantitative estimate of drug-likeness (QED) is 0.549. The average molecular weight is 308 g/mol. The van der Waals surface area contributed by atoms with Crippen LogP contribution in [0.1, 0.15) is 13.3 Å². The van der Waals surface area contributed by atoms with Crippen molar-refractivity contribution in [2.45, 2.75) is 24.8 Å². The molecule has 1 aromatic heterocycles. The molecular formula is C10H20N4O3S2. The molecule has 19 heavy (non-hydrogen) atoms. The van der Waals surface area contributed by atoms with Crippen LogP contribution >= 0.6 is 11.8 Å². The molecule has 7 nitrogen and oxygen atoms in total. The first-order chi connectivity index (χ1) is 9.01. The number of thioether (sulfide) groups is 1. The normalized spacial score (nSPS) is 11.9. The number of sulfonamides is 1. The van der Waals surface area contributed by atoms with Gasteiger partial charge < -0.3 is 10.8 Å². The fourth-order valence-corrected chi connectivity index (χ4v) is 3.40. The predicted molar refractivity (Wildman–Crippen MR) is 76.5 cm³/mol. The van der Waals surface area contributed by atoms with Gasteiger partial charge in [0.15, 0.2) is 5.82 Å². The van der Waals surface area contributed by atoms with E-state index in [1.165, 1.54) is 10.9 Å². The van der Waals surface area contributed by atoms with E-state index < -0.39 is 10.0 Å². The fraction of sp³-hybridized carbons (Fsp3) is 0.700. The van der Waals surface area contributed by atoms with Crippen LogP contribution in [0.25, 0.3) is 0 Å². The van der Waals surface area contributed by atoms with Gasteiger partial charge in [-0.3, -0.25) is 4.68 Å². The van der Waals surface area contributed by atoms with Crippen LogP contribution in [0.15, 0.2) is 11.1 Å². The lowest BCUT2D eigenvalue weighted by atomic mass is 10.5. The zero-order chi connectivity index (χ0) is 14.3. The number of anilines is 1. The van der Waals surface area contributed by atoms with Gasteiger partial charge in [-0.2, -0.15) is 16.9 Å². The minimum atomic E-state index is -3.59. The summed E-state index contributed by atoms with van der Waals surface area (Å²) in [6.07, 6.45) is 2.14. The first kappa shape index (κ1) is 16.3. The first-order valence-corrected chi connectivity index (χ1v) is 8.66. The largest absolute Gasteiger partial charge is 0.396 e. The van der Waals surface area contributed by atoms with Crippen molar-refractivity contribution in [2.24, 2.45) is 0 Å². The lowest BCUT2D eigenvalue weighted by molar-refractivity contribution is 0.296. The molecule has 0 aliphatic carbocycles. The third-order valence-corrected chi connectivity index (χ3v) is 4.90. The van der Waals surface area contributed by atoms with Crippen LogP contribution in [-0.4, -0.2) is 48.0 Å². The van der Waals surface area contributed by atoms with E-state index in [0.29, 0.717) is 25.3 Å². The van der Waals surface area contributed by atoms with Gasteiger partial charge in [0.25, 0.3) is 0 Å². The Morgan fingerprint density at radius 1 is 1.53 bits per heavy atom. The highest BCUT2D eigenvalue weighted by Crippen LogP contribution is 2.15. The van der Waals surface area contributed by atoms with E-state index in [1.54, 1.807) is 11.8 Å². The van der Waals surface area contributed by atoms with E-state index >= 15 is 0 Å². The van der Waals surface area contributed by atoms with E-state index in [-0.39, 0.29) is 17.3 Å². The van der Waals surface area contributed by atoms with E-state index in [2.05, 4.69) is 9.82 Å². The molecule has 0 saturated heterocycles. The molecule has 0 atom stereocenters. The van der Waals surface area contributed by atoms with Gasteiger partial charge in [-0.25, -0.2) is 13.1 Å². The molecule has 1 heterocycles. The van der Waals surface area contributed by atoms with Crippen LogP contribution in [0.4, 0.5) is 5.82 Å². The Morgan fingerprint density at radius 3 is 2.84 bits per heavy atom. The number of nitrogens with two attached hydrogens (primary N) is 1. The van der Waals surface area contributed by atoms with Crippen LogP contribution in [0, 0.1) is 0 Å². The number of hydrogen-bond acceptors (Lipinski definition) is 6. The molecule has 9 heteroatoms. The number of nitrogens with zero attached hydrogens (tertiary/aromatic N) is 2. The molecule has 0 aliphatic heterocycles. The second-order valence-electron chi connectivity index (χ2n) is 3.82. The maximum Gasteiger partial charge on any atom is 0.245 e. The zero-order valence-electron chi connectivity index (χ0n) is 10.9.